The van der Waals surface area contributed by atoms with Gasteiger partial charge in [-0.1, -0.05) is 6.08 Å². The van der Waals surface area contributed by atoms with E-state index in [1.165, 1.54) is 0 Å². The Bertz CT molecular complexity index is 372. The van der Waals surface area contributed by atoms with Gasteiger partial charge in [0, 0.05) is 17.0 Å². The third kappa shape index (κ3) is 3.29. The SMILES string of the molecule is CC=Cc1cncc(C(CO)C(C)(C)Cl)n1. The number of aliphatic hydroxyl groups is 1. The Hall–Kier alpha value is -0.930. The van der Waals surface area contributed by atoms with Crippen LogP contribution in [0.1, 0.15) is 38.1 Å². The van der Waals surface area contributed by atoms with Crippen LogP contribution in [0, 0.1) is 0 Å². The Morgan fingerprint density at radius 1 is 1.50 bits per heavy atom. The van der Waals surface area contributed by atoms with E-state index in [2.05, 4.69) is 9.97 Å². The number of aromatic nitrogens is 2. The van der Waals surface area contributed by atoms with Gasteiger partial charge in [0.15, 0.2) is 0 Å². The highest BCUT2D eigenvalue weighted by atomic mass is 35.5. The van der Waals surface area contributed by atoms with Gasteiger partial charge < -0.3 is 5.11 Å². The maximum Gasteiger partial charge on any atom is 0.0813 e. The van der Waals surface area contributed by atoms with Crippen molar-refractivity contribution in [2.45, 2.75) is 31.6 Å². The first-order valence-electron chi connectivity index (χ1n) is 5.23. The molecular weight excluding hydrogens is 224 g/mol. The van der Waals surface area contributed by atoms with Gasteiger partial charge in [-0.2, -0.15) is 0 Å². The molecule has 1 unspecified atom stereocenters. The van der Waals surface area contributed by atoms with E-state index in [-0.39, 0.29) is 12.5 Å². The lowest BCUT2D eigenvalue weighted by atomic mass is 9.92. The first-order chi connectivity index (χ1) is 7.49. The van der Waals surface area contributed by atoms with Crippen molar-refractivity contribution in [3.8, 4) is 0 Å². The highest BCUT2D eigenvalue weighted by molar-refractivity contribution is 6.24. The number of hydrogen-bond acceptors (Lipinski definition) is 3. The molecule has 1 aromatic rings. The van der Waals surface area contributed by atoms with Crippen LogP contribution in [-0.2, 0) is 0 Å². The zero-order valence-electron chi connectivity index (χ0n) is 9.81. The van der Waals surface area contributed by atoms with E-state index in [1.54, 1.807) is 12.4 Å². The van der Waals surface area contributed by atoms with Crippen molar-refractivity contribution in [2.24, 2.45) is 0 Å². The third-order valence-electron chi connectivity index (χ3n) is 2.38. The molecule has 4 heteroatoms. The second kappa shape index (κ2) is 5.41. The van der Waals surface area contributed by atoms with Gasteiger partial charge >= 0.3 is 0 Å². The number of rotatable bonds is 4. The molecule has 0 aliphatic heterocycles. The minimum absolute atomic E-state index is 0.0372. The molecule has 0 bridgehead atoms. The second-order valence-corrected chi connectivity index (χ2v) is 5.14. The molecular formula is C12H17ClN2O. The van der Waals surface area contributed by atoms with E-state index in [0.717, 1.165) is 11.4 Å². The quantitative estimate of drug-likeness (QED) is 0.823. The number of allylic oxidation sites excluding steroid dienone is 1. The van der Waals surface area contributed by atoms with Crippen LogP contribution in [0.2, 0.25) is 0 Å². The van der Waals surface area contributed by atoms with Crippen molar-refractivity contribution in [3.05, 3.63) is 29.9 Å². The highest BCUT2D eigenvalue weighted by Crippen LogP contribution is 2.31. The molecule has 0 amide bonds. The van der Waals surface area contributed by atoms with E-state index in [1.807, 2.05) is 32.9 Å². The maximum atomic E-state index is 9.37. The van der Waals surface area contributed by atoms with Crippen LogP contribution in [0.3, 0.4) is 0 Å². The summed E-state index contributed by atoms with van der Waals surface area (Å²) < 4.78 is 0. The van der Waals surface area contributed by atoms with Crippen molar-refractivity contribution in [1.82, 2.24) is 9.97 Å². The molecule has 1 N–H and O–H groups in total. The summed E-state index contributed by atoms with van der Waals surface area (Å²) in [6.45, 7) is 5.60. The molecule has 0 saturated carbocycles. The molecule has 0 radical (unpaired) electrons. The van der Waals surface area contributed by atoms with Crippen LogP contribution in [0.4, 0.5) is 0 Å². The molecule has 0 saturated heterocycles. The fourth-order valence-corrected chi connectivity index (χ4v) is 1.66. The van der Waals surface area contributed by atoms with Crippen molar-refractivity contribution in [2.75, 3.05) is 6.61 Å². The summed E-state index contributed by atoms with van der Waals surface area (Å²) in [5.74, 6) is -0.216. The van der Waals surface area contributed by atoms with Crippen molar-refractivity contribution in [3.63, 3.8) is 0 Å². The molecule has 3 nitrogen and oxygen atoms in total. The normalized spacial score (nSPS) is 14.3. The van der Waals surface area contributed by atoms with Gasteiger partial charge in [0.05, 0.1) is 24.2 Å². The van der Waals surface area contributed by atoms with Gasteiger partial charge in [0.25, 0.3) is 0 Å². The molecule has 88 valence electrons. The Kier molecular flexibility index (Phi) is 4.44. The molecule has 1 heterocycles. The topological polar surface area (TPSA) is 46.0 Å². The van der Waals surface area contributed by atoms with E-state index < -0.39 is 4.87 Å². The molecule has 0 spiro atoms. The Balaban J connectivity index is 3.06. The lowest BCUT2D eigenvalue weighted by Crippen LogP contribution is -2.26. The number of alkyl halides is 1. The molecule has 0 fully saturated rings. The molecule has 1 atom stereocenters. The maximum absolute atomic E-state index is 9.37. The van der Waals surface area contributed by atoms with Crippen LogP contribution in [-0.4, -0.2) is 26.6 Å². The molecule has 0 aromatic carbocycles. The van der Waals surface area contributed by atoms with Crippen molar-refractivity contribution < 1.29 is 5.11 Å². The minimum atomic E-state index is -0.544. The molecule has 0 aliphatic carbocycles. The Morgan fingerprint density at radius 2 is 2.19 bits per heavy atom. The van der Waals surface area contributed by atoms with Crippen LogP contribution < -0.4 is 0 Å². The third-order valence-corrected chi connectivity index (χ3v) is 2.64. The first-order valence-corrected chi connectivity index (χ1v) is 5.61. The molecule has 0 aliphatic rings. The second-order valence-electron chi connectivity index (χ2n) is 4.17. The van der Waals surface area contributed by atoms with Crippen LogP contribution in [0.15, 0.2) is 18.5 Å². The van der Waals surface area contributed by atoms with E-state index in [9.17, 15) is 5.11 Å². The van der Waals surface area contributed by atoms with Gasteiger partial charge in [-0.3, -0.25) is 4.98 Å². The largest absolute Gasteiger partial charge is 0.396 e. The van der Waals surface area contributed by atoms with Crippen molar-refractivity contribution >= 4 is 17.7 Å². The number of hydrogen-bond donors (Lipinski definition) is 1. The van der Waals surface area contributed by atoms with Gasteiger partial charge in [-0.05, 0) is 26.8 Å². The van der Waals surface area contributed by atoms with Crippen molar-refractivity contribution in [1.29, 1.82) is 0 Å². The lowest BCUT2D eigenvalue weighted by molar-refractivity contribution is 0.242. The zero-order chi connectivity index (χ0) is 12.2. The average molecular weight is 241 g/mol. The first kappa shape index (κ1) is 13.1. The Morgan fingerprint density at radius 3 is 2.69 bits per heavy atom. The fraction of sp³-hybridized carbons (Fsp3) is 0.500. The van der Waals surface area contributed by atoms with Gasteiger partial charge in [-0.15, -0.1) is 11.6 Å². The molecule has 1 rings (SSSR count). The smallest absolute Gasteiger partial charge is 0.0813 e. The summed E-state index contributed by atoms with van der Waals surface area (Å²) in [6.07, 6.45) is 7.09. The zero-order valence-corrected chi connectivity index (χ0v) is 10.6. The Labute approximate surface area is 101 Å². The summed E-state index contributed by atoms with van der Waals surface area (Å²) in [5, 5.41) is 9.37. The summed E-state index contributed by atoms with van der Waals surface area (Å²) in [5.41, 5.74) is 1.50. The minimum Gasteiger partial charge on any atom is -0.396 e. The van der Waals surface area contributed by atoms with E-state index in [4.69, 9.17) is 11.6 Å². The van der Waals surface area contributed by atoms with E-state index >= 15 is 0 Å². The summed E-state index contributed by atoms with van der Waals surface area (Å²) in [6, 6.07) is 0. The predicted molar refractivity (Wildman–Crippen MR) is 66.5 cm³/mol. The van der Waals surface area contributed by atoms with Gasteiger partial charge in [-0.25, -0.2) is 4.98 Å². The summed E-state index contributed by atoms with van der Waals surface area (Å²) in [4.78, 5) is 7.96. The number of halogens is 1. The number of aliphatic hydroxyl groups excluding tert-OH is 1. The lowest BCUT2D eigenvalue weighted by Gasteiger charge is -2.25. The standard InChI is InChI=1S/C12H17ClN2O/c1-4-5-9-6-14-7-11(15-9)10(8-16)12(2,3)13/h4-7,10,16H,8H2,1-3H3. The highest BCUT2D eigenvalue weighted by Gasteiger charge is 2.29. The van der Waals surface area contributed by atoms with Crippen LogP contribution in [0.5, 0.6) is 0 Å². The van der Waals surface area contributed by atoms with Gasteiger partial charge in [0.1, 0.15) is 0 Å². The average Bonchev–Trinajstić information content (AvgIpc) is 2.17. The van der Waals surface area contributed by atoms with Crippen LogP contribution >= 0.6 is 11.6 Å². The predicted octanol–water partition coefficient (Wildman–Crippen LogP) is 2.60. The summed E-state index contributed by atoms with van der Waals surface area (Å²) >= 11 is 6.22. The van der Waals surface area contributed by atoms with E-state index in [0.29, 0.717) is 0 Å². The fourth-order valence-electron chi connectivity index (χ4n) is 1.48. The van der Waals surface area contributed by atoms with Crippen LogP contribution in [0.25, 0.3) is 6.08 Å². The molecule has 1 aromatic heterocycles. The monoisotopic (exact) mass is 240 g/mol. The van der Waals surface area contributed by atoms with Gasteiger partial charge in [0.2, 0.25) is 0 Å². The summed E-state index contributed by atoms with van der Waals surface area (Å²) in [7, 11) is 0. The number of nitrogens with zero attached hydrogens (tertiary/aromatic N) is 2. The molecule has 16 heavy (non-hydrogen) atoms.